The Balaban J connectivity index is 1.58. The fourth-order valence-corrected chi connectivity index (χ4v) is 4.62. The molecule has 1 amide bonds. The van der Waals surface area contributed by atoms with Gasteiger partial charge in [0, 0.05) is 42.2 Å². The number of hydrogen-bond donors (Lipinski definition) is 2. The fourth-order valence-electron chi connectivity index (χ4n) is 3.59. The maximum atomic E-state index is 12.5. The van der Waals surface area contributed by atoms with E-state index in [0.29, 0.717) is 24.4 Å². The molecule has 12 heteroatoms. The van der Waals surface area contributed by atoms with Gasteiger partial charge in [-0.2, -0.15) is 18.3 Å². The lowest BCUT2D eigenvalue weighted by atomic mass is 9.88. The predicted molar refractivity (Wildman–Crippen MR) is 106 cm³/mol. The van der Waals surface area contributed by atoms with Crippen LogP contribution in [-0.4, -0.2) is 66.5 Å². The SMILES string of the molecule is CCSN1CC(CC(=O)NCC(F)(F)F)(n2cc(-c3ncnc4[nH]ccc34)cn2)C1. The van der Waals surface area contributed by atoms with Gasteiger partial charge in [0.2, 0.25) is 5.91 Å². The Morgan fingerprint density at radius 1 is 1.37 bits per heavy atom. The lowest BCUT2D eigenvalue weighted by molar-refractivity contribution is -0.140. The quantitative estimate of drug-likeness (QED) is 0.550. The van der Waals surface area contributed by atoms with E-state index in [4.69, 9.17) is 0 Å². The fraction of sp³-hybridized carbons (Fsp3) is 0.444. The summed E-state index contributed by atoms with van der Waals surface area (Å²) >= 11 is 1.62. The highest BCUT2D eigenvalue weighted by molar-refractivity contribution is 7.97. The third kappa shape index (κ3) is 4.15. The maximum absolute atomic E-state index is 12.5. The van der Waals surface area contributed by atoms with Crippen LogP contribution in [0.3, 0.4) is 0 Å². The van der Waals surface area contributed by atoms with Crippen molar-refractivity contribution in [2.24, 2.45) is 0 Å². The molecule has 30 heavy (non-hydrogen) atoms. The molecule has 160 valence electrons. The number of amides is 1. The summed E-state index contributed by atoms with van der Waals surface area (Å²) in [4.78, 5) is 23.8. The van der Waals surface area contributed by atoms with Gasteiger partial charge < -0.3 is 10.3 Å². The average molecular weight is 439 g/mol. The number of hydrogen-bond acceptors (Lipinski definition) is 6. The summed E-state index contributed by atoms with van der Waals surface area (Å²) < 4.78 is 41.2. The van der Waals surface area contributed by atoms with Gasteiger partial charge in [0.25, 0.3) is 0 Å². The van der Waals surface area contributed by atoms with Gasteiger partial charge in [-0.25, -0.2) is 14.3 Å². The van der Waals surface area contributed by atoms with Crippen molar-refractivity contribution in [2.45, 2.75) is 25.1 Å². The second-order valence-corrected chi connectivity index (χ2v) is 8.50. The average Bonchev–Trinajstić information content (AvgIpc) is 3.33. The molecule has 0 aromatic carbocycles. The first-order chi connectivity index (χ1) is 14.3. The number of nitrogens with one attached hydrogen (secondary N) is 2. The molecular formula is C18H20F3N7OS. The number of nitrogens with zero attached hydrogens (tertiary/aromatic N) is 5. The van der Waals surface area contributed by atoms with E-state index in [1.54, 1.807) is 35.2 Å². The lowest BCUT2D eigenvalue weighted by Crippen LogP contribution is -2.62. The van der Waals surface area contributed by atoms with Crippen LogP contribution in [0.5, 0.6) is 0 Å². The Kier molecular flexibility index (Phi) is 5.45. The van der Waals surface area contributed by atoms with Gasteiger partial charge in [-0.05, 0) is 6.07 Å². The minimum Gasteiger partial charge on any atom is -0.347 e. The van der Waals surface area contributed by atoms with Gasteiger partial charge in [0.1, 0.15) is 18.5 Å². The van der Waals surface area contributed by atoms with E-state index in [1.165, 1.54) is 6.33 Å². The topological polar surface area (TPSA) is 91.7 Å². The molecule has 1 aliphatic heterocycles. The van der Waals surface area contributed by atoms with Crippen LogP contribution in [0.2, 0.25) is 0 Å². The summed E-state index contributed by atoms with van der Waals surface area (Å²) in [5.74, 6) is 0.216. The molecule has 4 heterocycles. The highest BCUT2D eigenvalue weighted by Crippen LogP contribution is 2.37. The van der Waals surface area contributed by atoms with E-state index < -0.39 is 24.2 Å². The molecule has 1 fully saturated rings. The van der Waals surface area contributed by atoms with Crippen LogP contribution in [0.1, 0.15) is 13.3 Å². The minimum atomic E-state index is -4.44. The number of halogens is 3. The molecule has 3 aromatic heterocycles. The Morgan fingerprint density at radius 2 is 2.17 bits per heavy atom. The van der Waals surface area contributed by atoms with Crippen molar-refractivity contribution in [3.8, 4) is 11.3 Å². The largest absolute Gasteiger partial charge is 0.405 e. The van der Waals surface area contributed by atoms with Gasteiger partial charge in [-0.3, -0.25) is 9.48 Å². The van der Waals surface area contributed by atoms with E-state index in [9.17, 15) is 18.0 Å². The van der Waals surface area contributed by atoms with E-state index in [2.05, 4.69) is 24.4 Å². The molecule has 1 saturated heterocycles. The Morgan fingerprint density at radius 3 is 2.90 bits per heavy atom. The molecule has 0 spiro atoms. The van der Waals surface area contributed by atoms with Gasteiger partial charge in [0.15, 0.2) is 0 Å². The van der Waals surface area contributed by atoms with Crippen LogP contribution in [0, 0.1) is 0 Å². The van der Waals surface area contributed by atoms with Crippen LogP contribution in [0.25, 0.3) is 22.3 Å². The zero-order chi connectivity index (χ0) is 21.4. The first-order valence-corrected chi connectivity index (χ1v) is 10.3. The van der Waals surface area contributed by atoms with Gasteiger partial charge in [0.05, 0.1) is 23.9 Å². The summed E-state index contributed by atoms with van der Waals surface area (Å²) in [7, 11) is 0. The smallest absolute Gasteiger partial charge is 0.347 e. The van der Waals surface area contributed by atoms with Crippen LogP contribution in [0.4, 0.5) is 13.2 Å². The molecule has 8 nitrogen and oxygen atoms in total. The van der Waals surface area contributed by atoms with Crippen molar-refractivity contribution in [2.75, 3.05) is 25.4 Å². The number of rotatable bonds is 7. The summed E-state index contributed by atoms with van der Waals surface area (Å²) in [5, 5.41) is 7.25. The molecule has 3 aromatic rings. The summed E-state index contributed by atoms with van der Waals surface area (Å²) in [5.41, 5.74) is 1.44. The second-order valence-electron chi connectivity index (χ2n) is 7.14. The van der Waals surface area contributed by atoms with Crippen molar-refractivity contribution in [1.29, 1.82) is 0 Å². The van der Waals surface area contributed by atoms with Crippen LogP contribution in [-0.2, 0) is 10.3 Å². The number of aromatic nitrogens is 5. The number of H-pyrrole nitrogens is 1. The highest BCUT2D eigenvalue weighted by Gasteiger charge is 2.47. The number of aromatic amines is 1. The molecule has 0 bridgehead atoms. The van der Waals surface area contributed by atoms with Gasteiger partial charge in [-0.1, -0.05) is 18.9 Å². The zero-order valence-electron chi connectivity index (χ0n) is 16.1. The van der Waals surface area contributed by atoms with Gasteiger partial charge in [-0.15, -0.1) is 0 Å². The van der Waals surface area contributed by atoms with Crippen molar-refractivity contribution < 1.29 is 18.0 Å². The number of carbonyl (C=O) groups excluding carboxylic acids is 1. The molecule has 0 unspecified atom stereocenters. The summed E-state index contributed by atoms with van der Waals surface area (Å²) in [6.45, 7) is 1.70. The van der Waals surface area contributed by atoms with Gasteiger partial charge >= 0.3 is 6.18 Å². The second kappa shape index (κ2) is 7.91. The minimum absolute atomic E-state index is 0.0890. The number of fused-ring (bicyclic) bond motifs is 1. The Labute approximate surface area is 174 Å². The standard InChI is InChI=1S/C18H20F3N7OS/c1-2-30-27-9-17(10-27,5-14(29)23-8-18(19,20)21)28-7-12(6-26-28)15-13-3-4-22-16(13)25-11-24-15/h3-4,6-7,11H,2,5,8-10H2,1H3,(H,23,29)(H,22,24,25). The molecule has 2 N–H and O–H groups in total. The van der Waals surface area contributed by atoms with E-state index >= 15 is 0 Å². The summed E-state index contributed by atoms with van der Waals surface area (Å²) in [6, 6.07) is 1.87. The van der Waals surface area contributed by atoms with E-state index in [-0.39, 0.29) is 6.42 Å². The molecule has 1 aliphatic rings. The van der Waals surface area contributed by atoms with Crippen molar-refractivity contribution in [3.63, 3.8) is 0 Å². The van der Waals surface area contributed by atoms with Crippen LogP contribution >= 0.6 is 11.9 Å². The third-order valence-corrected chi connectivity index (χ3v) is 5.81. The molecule has 0 aliphatic carbocycles. The zero-order valence-corrected chi connectivity index (χ0v) is 16.9. The monoisotopic (exact) mass is 439 g/mol. The summed E-state index contributed by atoms with van der Waals surface area (Å²) in [6.07, 6.45) is 2.13. The van der Waals surface area contributed by atoms with E-state index in [1.807, 2.05) is 18.3 Å². The molecule has 0 saturated carbocycles. The molecule has 4 rings (SSSR count). The van der Waals surface area contributed by atoms with Crippen LogP contribution in [0.15, 0.2) is 31.0 Å². The van der Waals surface area contributed by atoms with Crippen molar-refractivity contribution in [1.82, 2.24) is 34.4 Å². The van der Waals surface area contributed by atoms with E-state index in [0.717, 1.165) is 16.7 Å². The van der Waals surface area contributed by atoms with Crippen LogP contribution < -0.4 is 5.32 Å². The third-order valence-electron chi connectivity index (χ3n) is 4.92. The molecule has 0 radical (unpaired) electrons. The predicted octanol–water partition coefficient (Wildman–Crippen LogP) is 2.57. The Hall–Kier alpha value is -2.60. The Bertz CT molecular complexity index is 1040. The normalized spacial score (nSPS) is 16.5. The lowest BCUT2D eigenvalue weighted by Gasteiger charge is -2.49. The maximum Gasteiger partial charge on any atom is 0.405 e. The van der Waals surface area contributed by atoms with Crippen molar-refractivity contribution >= 4 is 28.9 Å². The number of alkyl halides is 3. The molecular weight excluding hydrogens is 419 g/mol. The van der Waals surface area contributed by atoms with Crippen molar-refractivity contribution in [3.05, 3.63) is 31.0 Å². The highest BCUT2D eigenvalue weighted by atomic mass is 32.2. The first kappa shape index (κ1) is 20.7. The first-order valence-electron chi connectivity index (χ1n) is 9.34. The molecule has 0 atom stereocenters. The number of carbonyl (C=O) groups is 1.